The summed E-state index contributed by atoms with van der Waals surface area (Å²) in [6.45, 7) is 4.07. The molecule has 1 fully saturated rings. The van der Waals surface area contributed by atoms with Crippen molar-refractivity contribution in [1.29, 1.82) is 5.26 Å². The van der Waals surface area contributed by atoms with Crippen molar-refractivity contribution in [3.05, 3.63) is 52.7 Å². The molecule has 1 saturated heterocycles. The molecule has 6 nitrogen and oxygen atoms in total. The minimum atomic E-state index is -0.128. The van der Waals surface area contributed by atoms with Gasteiger partial charge in [-0.2, -0.15) is 5.26 Å². The normalized spacial score (nSPS) is 16.4. The van der Waals surface area contributed by atoms with Crippen molar-refractivity contribution in [2.45, 2.75) is 38.6 Å². The van der Waals surface area contributed by atoms with Gasteiger partial charge in [-0.15, -0.1) is 11.3 Å². The third-order valence-electron chi connectivity index (χ3n) is 5.53. The lowest BCUT2D eigenvalue weighted by Gasteiger charge is -2.32. The summed E-state index contributed by atoms with van der Waals surface area (Å²) in [5, 5.41) is 14.0. The van der Waals surface area contributed by atoms with E-state index in [4.69, 9.17) is 5.26 Å². The number of thiophene rings is 1. The molecule has 7 heteroatoms. The van der Waals surface area contributed by atoms with Crippen LogP contribution in [0.15, 0.2) is 47.8 Å². The number of para-hydroxylation sites is 1. The predicted octanol–water partition coefficient (Wildman–Crippen LogP) is 3.80. The van der Waals surface area contributed by atoms with Gasteiger partial charge in [-0.1, -0.05) is 24.3 Å². The van der Waals surface area contributed by atoms with Gasteiger partial charge in [0.05, 0.1) is 12.5 Å². The minimum absolute atomic E-state index is 0.0861. The van der Waals surface area contributed by atoms with Crippen molar-refractivity contribution >= 4 is 28.8 Å². The van der Waals surface area contributed by atoms with Gasteiger partial charge >= 0.3 is 0 Å². The summed E-state index contributed by atoms with van der Waals surface area (Å²) < 4.78 is 0. The van der Waals surface area contributed by atoms with Gasteiger partial charge in [-0.05, 0) is 48.9 Å². The molecule has 1 atom stereocenters. The molecule has 31 heavy (non-hydrogen) atoms. The lowest BCUT2D eigenvalue weighted by molar-refractivity contribution is -0.125. The van der Waals surface area contributed by atoms with Crippen LogP contribution in [0.4, 0.5) is 5.69 Å². The quantitative estimate of drug-likeness (QED) is 0.612. The fourth-order valence-electron chi connectivity index (χ4n) is 3.95. The van der Waals surface area contributed by atoms with Crippen LogP contribution in [0, 0.1) is 17.2 Å². The Labute approximate surface area is 188 Å². The molecular formula is C24H30N4O2S. The smallest absolute Gasteiger partial charge is 0.227 e. The zero-order valence-corrected chi connectivity index (χ0v) is 18.7. The number of hydrogen-bond donors (Lipinski definition) is 1. The molecule has 0 radical (unpaired) electrons. The van der Waals surface area contributed by atoms with Gasteiger partial charge < -0.3 is 10.2 Å². The van der Waals surface area contributed by atoms with Gasteiger partial charge in [-0.25, -0.2) is 0 Å². The summed E-state index contributed by atoms with van der Waals surface area (Å²) in [4.78, 5) is 30.5. The monoisotopic (exact) mass is 438 g/mol. The zero-order chi connectivity index (χ0) is 21.9. The number of anilines is 1. The highest BCUT2D eigenvalue weighted by Crippen LogP contribution is 2.20. The van der Waals surface area contributed by atoms with Crippen LogP contribution in [-0.2, 0) is 16.1 Å². The van der Waals surface area contributed by atoms with E-state index >= 15 is 0 Å². The maximum Gasteiger partial charge on any atom is 0.227 e. The summed E-state index contributed by atoms with van der Waals surface area (Å²) in [7, 11) is 0. The van der Waals surface area contributed by atoms with E-state index in [2.05, 4.69) is 33.8 Å². The van der Waals surface area contributed by atoms with Crippen LogP contribution in [-0.4, -0.2) is 42.9 Å². The lowest BCUT2D eigenvalue weighted by atomic mass is 9.98. The third-order valence-corrected chi connectivity index (χ3v) is 6.39. The molecule has 1 aromatic heterocycles. The van der Waals surface area contributed by atoms with Crippen LogP contribution in [0.5, 0.6) is 0 Å². The summed E-state index contributed by atoms with van der Waals surface area (Å²) >= 11 is 1.79. The first-order chi connectivity index (χ1) is 15.2. The average Bonchev–Trinajstić information content (AvgIpc) is 3.30. The van der Waals surface area contributed by atoms with Gasteiger partial charge in [0.15, 0.2) is 0 Å². The zero-order valence-electron chi connectivity index (χ0n) is 17.8. The standard InChI is InChI=1S/C24H30N4O2S/c25-13-6-15-28(21-8-2-1-3-9-21)24(30)12-11-23(29)26-17-20-7-4-14-27(18-20)19-22-10-5-16-31-22/h1-3,5,8-10,16,20H,4,6-7,11-12,14-15,17-19H2,(H,26,29). The molecule has 1 N–H and O–H groups in total. The molecule has 1 unspecified atom stereocenters. The first-order valence-electron chi connectivity index (χ1n) is 10.9. The van der Waals surface area contributed by atoms with E-state index in [0.29, 0.717) is 19.0 Å². The maximum absolute atomic E-state index is 12.7. The summed E-state index contributed by atoms with van der Waals surface area (Å²) in [5.41, 5.74) is 0.760. The lowest BCUT2D eigenvalue weighted by Crippen LogP contribution is -2.40. The molecule has 1 aliphatic heterocycles. The van der Waals surface area contributed by atoms with Gasteiger partial charge in [-0.3, -0.25) is 14.5 Å². The third kappa shape index (κ3) is 7.50. The first kappa shape index (κ1) is 23.0. The Hall–Kier alpha value is -2.69. The van der Waals surface area contributed by atoms with E-state index in [9.17, 15) is 9.59 Å². The Balaban J connectivity index is 1.41. The molecule has 164 valence electrons. The van der Waals surface area contributed by atoms with Gasteiger partial charge in [0.2, 0.25) is 11.8 Å². The highest BCUT2D eigenvalue weighted by atomic mass is 32.1. The molecule has 0 saturated carbocycles. The Morgan fingerprint density at radius 1 is 1.19 bits per heavy atom. The molecule has 1 aromatic carbocycles. The maximum atomic E-state index is 12.7. The number of likely N-dealkylation sites (tertiary alicyclic amines) is 1. The van der Waals surface area contributed by atoms with Gasteiger partial charge in [0.1, 0.15) is 0 Å². The molecule has 3 rings (SSSR count). The first-order valence-corrected chi connectivity index (χ1v) is 11.8. The number of nitriles is 1. The van der Waals surface area contributed by atoms with Crippen LogP contribution in [0.25, 0.3) is 0 Å². The second kappa shape index (κ2) is 12.2. The van der Waals surface area contributed by atoms with Gasteiger partial charge in [0, 0.05) is 49.6 Å². The van der Waals surface area contributed by atoms with Crippen LogP contribution in [0.1, 0.15) is 37.0 Å². The Morgan fingerprint density at radius 3 is 2.77 bits per heavy atom. The molecule has 0 aliphatic carbocycles. The van der Waals surface area contributed by atoms with E-state index < -0.39 is 0 Å². The number of amides is 2. The fourth-order valence-corrected chi connectivity index (χ4v) is 4.70. The van der Waals surface area contributed by atoms with E-state index in [-0.39, 0.29) is 31.1 Å². The molecule has 2 heterocycles. The van der Waals surface area contributed by atoms with Crippen molar-refractivity contribution in [3.63, 3.8) is 0 Å². The van der Waals surface area contributed by atoms with Crippen molar-refractivity contribution in [2.75, 3.05) is 31.1 Å². The average molecular weight is 439 g/mol. The number of nitrogens with zero attached hydrogens (tertiary/aromatic N) is 3. The number of piperidine rings is 1. The van der Waals surface area contributed by atoms with E-state index in [1.165, 1.54) is 4.88 Å². The van der Waals surface area contributed by atoms with Crippen molar-refractivity contribution < 1.29 is 9.59 Å². The summed E-state index contributed by atoms with van der Waals surface area (Å²) in [6, 6.07) is 15.6. The van der Waals surface area contributed by atoms with Crippen LogP contribution in [0.3, 0.4) is 0 Å². The molecule has 1 aliphatic rings. The summed E-state index contributed by atoms with van der Waals surface area (Å²) in [5.74, 6) is 0.234. The second-order valence-electron chi connectivity index (χ2n) is 7.92. The Morgan fingerprint density at radius 2 is 2.03 bits per heavy atom. The van der Waals surface area contributed by atoms with Crippen molar-refractivity contribution in [3.8, 4) is 6.07 Å². The number of rotatable bonds is 10. The predicted molar refractivity (Wildman–Crippen MR) is 124 cm³/mol. The molecular weight excluding hydrogens is 408 g/mol. The Kier molecular flexibility index (Phi) is 9.07. The van der Waals surface area contributed by atoms with Crippen molar-refractivity contribution in [1.82, 2.24) is 10.2 Å². The number of hydrogen-bond acceptors (Lipinski definition) is 5. The molecule has 2 aromatic rings. The van der Waals surface area contributed by atoms with E-state index in [0.717, 1.165) is 38.2 Å². The largest absolute Gasteiger partial charge is 0.356 e. The number of benzene rings is 1. The van der Waals surface area contributed by atoms with Crippen LogP contribution < -0.4 is 10.2 Å². The molecule has 0 spiro atoms. The minimum Gasteiger partial charge on any atom is -0.356 e. The Bertz CT molecular complexity index is 863. The number of nitrogens with one attached hydrogen (secondary N) is 1. The molecule has 2 amide bonds. The second-order valence-corrected chi connectivity index (χ2v) is 8.95. The van der Waals surface area contributed by atoms with Crippen molar-refractivity contribution in [2.24, 2.45) is 5.92 Å². The summed E-state index contributed by atoms with van der Waals surface area (Å²) in [6.07, 6.45) is 2.84. The van der Waals surface area contributed by atoms with E-state index in [1.807, 2.05) is 30.3 Å². The highest BCUT2D eigenvalue weighted by Gasteiger charge is 2.21. The number of carbonyl (C=O) groups excluding carboxylic acids is 2. The number of carbonyl (C=O) groups is 2. The van der Waals surface area contributed by atoms with Crippen LogP contribution >= 0.6 is 11.3 Å². The molecule has 0 bridgehead atoms. The fraction of sp³-hybridized carbons (Fsp3) is 0.458. The SMILES string of the molecule is N#CCCN(C(=O)CCC(=O)NCC1CCCN(Cc2cccs2)C1)c1ccccc1. The van der Waals surface area contributed by atoms with Gasteiger partial charge in [0.25, 0.3) is 0 Å². The van der Waals surface area contributed by atoms with E-state index in [1.54, 1.807) is 16.2 Å². The highest BCUT2D eigenvalue weighted by molar-refractivity contribution is 7.09. The topological polar surface area (TPSA) is 76.4 Å². The van der Waals surface area contributed by atoms with Crippen LogP contribution in [0.2, 0.25) is 0 Å².